The molecule has 1 heterocycles. The minimum absolute atomic E-state index is 0.146. The minimum Gasteiger partial charge on any atom is -0.306 e. The fourth-order valence-corrected chi connectivity index (χ4v) is 3.11. The second kappa shape index (κ2) is 7.87. The molecule has 1 saturated heterocycles. The number of amides is 4. The van der Waals surface area contributed by atoms with Crippen molar-refractivity contribution in [3.63, 3.8) is 0 Å². The summed E-state index contributed by atoms with van der Waals surface area (Å²) in [6.45, 7) is 7.20. The summed E-state index contributed by atoms with van der Waals surface area (Å²) in [7, 11) is 0. The summed E-state index contributed by atoms with van der Waals surface area (Å²) in [6.07, 6.45) is 3.29. The van der Waals surface area contributed by atoms with Gasteiger partial charge in [-0.2, -0.15) is 4.99 Å². The summed E-state index contributed by atoms with van der Waals surface area (Å²) in [5, 5.41) is 9.58. The molecule has 1 fully saturated rings. The van der Waals surface area contributed by atoms with Gasteiger partial charge in [-0.05, 0) is 35.7 Å². The highest BCUT2D eigenvalue weighted by atomic mass is 16.2. The first-order valence-corrected chi connectivity index (χ1v) is 8.72. The van der Waals surface area contributed by atoms with Crippen LogP contribution < -0.4 is 16.0 Å². The van der Waals surface area contributed by atoms with Crippen LogP contribution >= 0.6 is 0 Å². The van der Waals surface area contributed by atoms with Gasteiger partial charge in [0.2, 0.25) is 17.8 Å². The summed E-state index contributed by atoms with van der Waals surface area (Å²) in [5.74, 6) is -1.31. The molecule has 7 heteroatoms. The third-order valence-corrected chi connectivity index (χ3v) is 4.53. The van der Waals surface area contributed by atoms with Gasteiger partial charge in [-0.25, -0.2) is 4.79 Å². The van der Waals surface area contributed by atoms with Crippen LogP contribution in [0, 0.1) is 5.41 Å². The van der Waals surface area contributed by atoms with E-state index in [-0.39, 0.29) is 18.8 Å². The number of fused-ring (bicyclic) bond motifs is 1. The van der Waals surface area contributed by atoms with Crippen molar-refractivity contribution in [3.05, 3.63) is 67.8 Å². The van der Waals surface area contributed by atoms with E-state index in [9.17, 15) is 14.4 Å². The van der Waals surface area contributed by atoms with Crippen molar-refractivity contribution in [2.24, 2.45) is 10.4 Å². The number of guanidine groups is 1. The Bertz CT molecular complexity index is 978. The molecule has 28 heavy (non-hydrogen) atoms. The van der Waals surface area contributed by atoms with Crippen molar-refractivity contribution < 1.29 is 14.4 Å². The van der Waals surface area contributed by atoms with Crippen LogP contribution in [-0.2, 0) is 9.59 Å². The molecule has 0 atom stereocenters. The Morgan fingerprint density at radius 2 is 1.61 bits per heavy atom. The molecule has 3 N–H and O–H groups in total. The number of urea groups is 1. The van der Waals surface area contributed by atoms with Crippen LogP contribution in [0.2, 0.25) is 0 Å². The van der Waals surface area contributed by atoms with Gasteiger partial charge in [-0.1, -0.05) is 42.5 Å². The predicted molar refractivity (Wildman–Crippen MR) is 109 cm³/mol. The second-order valence-electron chi connectivity index (χ2n) is 6.43. The van der Waals surface area contributed by atoms with Crippen molar-refractivity contribution in [2.75, 3.05) is 5.32 Å². The van der Waals surface area contributed by atoms with Gasteiger partial charge in [0.05, 0.1) is 0 Å². The Labute approximate surface area is 162 Å². The van der Waals surface area contributed by atoms with Gasteiger partial charge in [-0.15, -0.1) is 13.2 Å². The number of nitrogens with one attached hydrogen (secondary N) is 3. The topological polar surface area (TPSA) is 99.7 Å². The third kappa shape index (κ3) is 3.68. The number of carbonyl (C=O) groups is 3. The molecular weight excluding hydrogens is 356 g/mol. The molecule has 1 aliphatic rings. The monoisotopic (exact) mass is 376 g/mol. The standard InChI is InChI=1S/C21H20N4O3/c1-3-11-21(12-4-2)17(26)23-19(24-18(21)27)25-20(28)22-16-10-9-14-7-5-6-8-15(14)13-16/h3-10,13H,1-2,11-12H2,(H3,22,23,24,25,26,27,28). The summed E-state index contributed by atoms with van der Waals surface area (Å²) in [4.78, 5) is 41.0. The number of hydrogen-bond acceptors (Lipinski definition) is 3. The molecule has 142 valence electrons. The second-order valence-corrected chi connectivity index (χ2v) is 6.43. The summed E-state index contributed by atoms with van der Waals surface area (Å²) in [6, 6.07) is 12.4. The highest BCUT2D eigenvalue weighted by Crippen LogP contribution is 2.30. The van der Waals surface area contributed by atoms with Crippen LogP contribution in [0.1, 0.15) is 12.8 Å². The van der Waals surface area contributed by atoms with Crippen molar-refractivity contribution >= 4 is 40.3 Å². The largest absolute Gasteiger partial charge is 0.348 e. The molecule has 1 aliphatic heterocycles. The van der Waals surface area contributed by atoms with Crippen molar-refractivity contribution in [3.8, 4) is 0 Å². The number of anilines is 1. The molecule has 0 radical (unpaired) electrons. The number of rotatable bonds is 5. The lowest BCUT2D eigenvalue weighted by Crippen LogP contribution is -2.63. The molecule has 2 aromatic rings. The molecule has 0 saturated carbocycles. The maximum atomic E-state index is 12.5. The van der Waals surface area contributed by atoms with Crippen LogP contribution in [-0.4, -0.2) is 23.8 Å². The van der Waals surface area contributed by atoms with E-state index in [1.165, 1.54) is 12.2 Å². The number of allylic oxidation sites excluding steroid dienone is 2. The van der Waals surface area contributed by atoms with E-state index in [0.717, 1.165) is 10.8 Å². The molecule has 4 amide bonds. The van der Waals surface area contributed by atoms with Gasteiger partial charge < -0.3 is 5.32 Å². The predicted octanol–water partition coefficient (Wildman–Crippen LogP) is 3.11. The van der Waals surface area contributed by atoms with E-state index in [0.29, 0.717) is 5.69 Å². The lowest BCUT2D eigenvalue weighted by molar-refractivity contribution is -0.143. The molecule has 0 spiro atoms. The number of aliphatic imine (C=N–C) groups is 1. The van der Waals surface area contributed by atoms with Crippen molar-refractivity contribution in [2.45, 2.75) is 12.8 Å². The smallest absolute Gasteiger partial charge is 0.306 e. The van der Waals surface area contributed by atoms with E-state index >= 15 is 0 Å². The quantitative estimate of drug-likeness (QED) is 0.552. The fourth-order valence-electron chi connectivity index (χ4n) is 3.11. The molecule has 2 aromatic carbocycles. The van der Waals surface area contributed by atoms with Gasteiger partial charge in [0.1, 0.15) is 5.41 Å². The van der Waals surface area contributed by atoms with Crippen molar-refractivity contribution in [1.29, 1.82) is 0 Å². The Kier molecular flexibility index (Phi) is 5.35. The summed E-state index contributed by atoms with van der Waals surface area (Å²) in [5.41, 5.74) is -0.786. The molecule has 3 rings (SSSR count). The lowest BCUT2D eigenvalue weighted by Gasteiger charge is -2.33. The van der Waals surface area contributed by atoms with Crippen molar-refractivity contribution in [1.82, 2.24) is 10.6 Å². The van der Waals surface area contributed by atoms with Crippen LogP contribution in [0.3, 0.4) is 0 Å². The maximum absolute atomic E-state index is 12.5. The highest BCUT2D eigenvalue weighted by Gasteiger charge is 2.47. The first-order valence-electron chi connectivity index (χ1n) is 8.72. The average Bonchev–Trinajstić information content (AvgIpc) is 2.66. The van der Waals surface area contributed by atoms with Gasteiger partial charge in [0.25, 0.3) is 0 Å². The highest BCUT2D eigenvalue weighted by molar-refractivity contribution is 6.22. The molecule has 0 aliphatic carbocycles. The normalized spacial score (nSPS) is 15.4. The molecular formula is C21H20N4O3. The zero-order valence-corrected chi connectivity index (χ0v) is 15.2. The van der Waals surface area contributed by atoms with Gasteiger partial charge in [0.15, 0.2) is 0 Å². The molecule has 0 bridgehead atoms. The maximum Gasteiger partial charge on any atom is 0.348 e. The Balaban J connectivity index is 1.75. The lowest BCUT2D eigenvalue weighted by atomic mass is 9.78. The number of benzene rings is 2. The van der Waals surface area contributed by atoms with E-state index in [4.69, 9.17) is 0 Å². The molecule has 7 nitrogen and oxygen atoms in total. The van der Waals surface area contributed by atoms with E-state index < -0.39 is 23.3 Å². The van der Waals surface area contributed by atoms with Crippen LogP contribution in [0.5, 0.6) is 0 Å². The summed E-state index contributed by atoms with van der Waals surface area (Å²) < 4.78 is 0. The van der Waals surface area contributed by atoms with Gasteiger partial charge in [0, 0.05) is 5.69 Å². The zero-order valence-electron chi connectivity index (χ0n) is 15.2. The fraction of sp³-hybridized carbons (Fsp3) is 0.143. The van der Waals surface area contributed by atoms with Crippen LogP contribution in [0.15, 0.2) is 72.8 Å². The van der Waals surface area contributed by atoms with E-state index in [1.807, 2.05) is 36.4 Å². The Morgan fingerprint density at radius 1 is 1.00 bits per heavy atom. The third-order valence-electron chi connectivity index (χ3n) is 4.53. The molecule has 0 unspecified atom stereocenters. The first-order chi connectivity index (χ1) is 13.5. The first kappa shape index (κ1) is 19.0. The summed E-state index contributed by atoms with van der Waals surface area (Å²) >= 11 is 0. The SMILES string of the molecule is C=CCC1(CC=C)C(=O)NC(=NC(=O)Nc2ccc3ccccc3c2)NC1=O. The number of hydrogen-bond donors (Lipinski definition) is 3. The molecule has 0 aromatic heterocycles. The number of carbonyl (C=O) groups excluding carboxylic acids is 3. The minimum atomic E-state index is -1.34. The van der Waals surface area contributed by atoms with E-state index in [2.05, 4.69) is 34.1 Å². The number of nitrogens with zero attached hydrogens (tertiary/aromatic N) is 1. The van der Waals surface area contributed by atoms with Gasteiger partial charge in [-0.3, -0.25) is 20.2 Å². The Morgan fingerprint density at radius 3 is 2.21 bits per heavy atom. The Hall–Kier alpha value is -3.74. The van der Waals surface area contributed by atoms with E-state index in [1.54, 1.807) is 6.07 Å². The average molecular weight is 376 g/mol. The van der Waals surface area contributed by atoms with Gasteiger partial charge >= 0.3 is 6.03 Å². The zero-order chi connectivity index (χ0) is 20.1. The van der Waals surface area contributed by atoms with Crippen LogP contribution in [0.25, 0.3) is 10.8 Å². The van der Waals surface area contributed by atoms with Crippen LogP contribution in [0.4, 0.5) is 10.5 Å².